The molecule has 1 heterocycles. The van der Waals surface area contributed by atoms with Gasteiger partial charge < -0.3 is 15.5 Å². The highest BCUT2D eigenvalue weighted by Crippen LogP contribution is 2.26. The van der Waals surface area contributed by atoms with Crippen LogP contribution in [0, 0.1) is 0 Å². The summed E-state index contributed by atoms with van der Waals surface area (Å²) in [4.78, 5) is 14.5. The Kier molecular flexibility index (Phi) is 4.80. The van der Waals surface area contributed by atoms with E-state index in [2.05, 4.69) is 35.4 Å². The number of likely N-dealkylation sites (N-methyl/N-ethyl adjacent to an activating group) is 1. The summed E-state index contributed by atoms with van der Waals surface area (Å²) in [6.45, 7) is 8.85. The lowest BCUT2D eigenvalue weighted by Crippen LogP contribution is -2.35. The second-order valence-electron chi connectivity index (χ2n) is 4.80. The largest absolute Gasteiger partial charge is 0.384 e. The van der Waals surface area contributed by atoms with Crippen LogP contribution in [-0.2, 0) is 6.42 Å². The Hall–Kier alpha value is -1.55. The van der Waals surface area contributed by atoms with Crippen molar-refractivity contribution < 1.29 is 4.79 Å². The summed E-state index contributed by atoms with van der Waals surface area (Å²) in [7, 11) is 0. The smallest absolute Gasteiger partial charge is 0.253 e. The number of nitrogens with zero attached hydrogens (tertiary/aromatic N) is 1. The number of hydrogen-bond acceptors (Lipinski definition) is 3. The number of benzene rings is 1. The quantitative estimate of drug-likeness (QED) is 0.819. The Morgan fingerprint density at radius 3 is 2.89 bits per heavy atom. The fourth-order valence-electron chi connectivity index (χ4n) is 2.49. The molecule has 0 spiro atoms. The minimum Gasteiger partial charge on any atom is -0.384 e. The van der Waals surface area contributed by atoms with Crippen LogP contribution in [0.1, 0.15) is 29.8 Å². The predicted molar refractivity (Wildman–Crippen MR) is 78.8 cm³/mol. The van der Waals surface area contributed by atoms with E-state index in [0.29, 0.717) is 6.54 Å². The maximum atomic E-state index is 12.2. The average Bonchev–Trinajstić information content (AvgIpc) is 2.91. The monoisotopic (exact) mass is 261 g/mol. The molecule has 0 bridgehead atoms. The summed E-state index contributed by atoms with van der Waals surface area (Å²) in [5, 5.41) is 6.31. The van der Waals surface area contributed by atoms with Crippen molar-refractivity contribution in [2.75, 3.05) is 38.0 Å². The van der Waals surface area contributed by atoms with Crippen LogP contribution in [0.4, 0.5) is 5.69 Å². The molecule has 2 N–H and O–H groups in total. The first-order valence-electron chi connectivity index (χ1n) is 7.12. The molecule has 104 valence electrons. The van der Waals surface area contributed by atoms with Crippen molar-refractivity contribution in [3.05, 3.63) is 29.3 Å². The molecule has 1 aliphatic heterocycles. The van der Waals surface area contributed by atoms with Gasteiger partial charge in [0.15, 0.2) is 0 Å². The molecule has 0 saturated heterocycles. The number of rotatable bonds is 6. The molecular weight excluding hydrogens is 238 g/mol. The molecule has 1 aliphatic rings. The second-order valence-corrected chi connectivity index (χ2v) is 4.80. The maximum Gasteiger partial charge on any atom is 0.253 e. The Labute approximate surface area is 115 Å². The van der Waals surface area contributed by atoms with Gasteiger partial charge in [0, 0.05) is 19.6 Å². The summed E-state index contributed by atoms with van der Waals surface area (Å²) < 4.78 is 0. The molecule has 4 nitrogen and oxygen atoms in total. The number of fused-ring (bicyclic) bond motifs is 1. The van der Waals surface area contributed by atoms with Gasteiger partial charge in [0.1, 0.15) is 0 Å². The molecule has 0 atom stereocenters. The average molecular weight is 261 g/mol. The van der Waals surface area contributed by atoms with E-state index in [-0.39, 0.29) is 5.91 Å². The third kappa shape index (κ3) is 3.26. The Bertz CT molecular complexity index is 441. The van der Waals surface area contributed by atoms with Gasteiger partial charge in [0.2, 0.25) is 0 Å². The Morgan fingerprint density at radius 1 is 1.37 bits per heavy atom. The molecule has 0 radical (unpaired) electrons. The molecule has 1 aromatic carbocycles. The molecule has 1 amide bonds. The summed E-state index contributed by atoms with van der Waals surface area (Å²) in [6, 6.07) is 5.94. The summed E-state index contributed by atoms with van der Waals surface area (Å²) >= 11 is 0. The number of para-hydroxylation sites is 1. The molecule has 0 unspecified atom stereocenters. The minimum atomic E-state index is 0.0263. The molecule has 1 aromatic rings. The summed E-state index contributed by atoms with van der Waals surface area (Å²) in [5.41, 5.74) is 3.04. The van der Waals surface area contributed by atoms with Crippen molar-refractivity contribution >= 4 is 11.6 Å². The fraction of sp³-hybridized carbons (Fsp3) is 0.533. The standard InChI is InChI=1S/C15H23N3O/c1-3-18(4-2)11-10-17-15(19)13-7-5-6-12-8-9-16-14(12)13/h5-7,16H,3-4,8-11H2,1-2H3,(H,17,19). The number of amides is 1. The summed E-state index contributed by atoms with van der Waals surface area (Å²) in [6.07, 6.45) is 1.01. The van der Waals surface area contributed by atoms with Gasteiger partial charge in [0.25, 0.3) is 5.91 Å². The molecule has 0 aromatic heterocycles. The number of nitrogens with one attached hydrogen (secondary N) is 2. The van der Waals surface area contributed by atoms with Crippen molar-refractivity contribution in [2.45, 2.75) is 20.3 Å². The van der Waals surface area contributed by atoms with Crippen molar-refractivity contribution in [1.29, 1.82) is 0 Å². The SMILES string of the molecule is CCN(CC)CCNC(=O)c1cccc2c1NCC2. The molecule has 0 fully saturated rings. The highest BCUT2D eigenvalue weighted by molar-refractivity contribution is 6.00. The van der Waals surface area contributed by atoms with Gasteiger partial charge in [-0.2, -0.15) is 0 Å². The van der Waals surface area contributed by atoms with Crippen LogP contribution in [0.15, 0.2) is 18.2 Å². The molecule has 4 heteroatoms. The van der Waals surface area contributed by atoms with Crippen LogP contribution >= 0.6 is 0 Å². The van der Waals surface area contributed by atoms with E-state index in [9.17, 15) is 4.79 Å². The normalized spacial score (nSPS) is 13.2. The number of anilines is 1. The topological polar surface area (TPSA) is 44.4 Å². The number of carbonyl (C=O) groups excluding carboxylic acids is 1. The van der Waals surface area contributed by atoms with Gasteiger partial charge >= 0.3 is 0 Å². The highest BCUT2D eigenvalue weighted by atomic mass is 16.1. The van der Waals surface area contributed by atoms with Crippen LogP contribution in [-0.4, -0.2) is 43.5 Å². The fourth-order valence-corrected chi connectivity index (χ4v) is 2.49. The van der Waals surface area contributed by atoms with Crippen molar-refractivity contribution in [1.82, 2.24) is 10.2 Å². The van der Waals surface area contributed by atoms with Crippen molar-refractivity contribution in [3.63, 3.8) is 0 Å². The van der Waals surface area contributed by atoms with Crippen molar-refractivity contribution in [3.8, 4) is 0 Å². The molecule has 19 heavy (non-hydrogen) atoms. The minimum absolute atomic E-state index is 0.0263. The van der Waals surface area contributed by atoms with Crippen LogP contribution < -0.4 is 10.6 Å². The molecule has 0 saturated carbocycles. The van der Waals surface area contributed by atoms with E-state index >= 15 is 0 Å². The van der Waals surface area contributed by atoms with Crippen LogP contribution in [0.5, 0.6) is 0 Å². The van der Waals surface area contributed by atoms with Gasteiger partial charge in [-0.05, 0) is 31.1 Å². The van der Waals surface area contributed by atoms with Gasteiger partial charge in [-0.15, -0.1) is 0 Å². The lowest BCUT2D eigenvalue weighted by molar-refractivity contribution is 0.0949. The van der Waals surface area contributed by atoms with E-state index in [1.54, 1.807) is 0 Å². The van der Waals surface area contributed by atoms with Gasteiger partial charge in [-0.25, -0.2) is 0 Å². The third-order valence-corrected chi connectivity index (χ3v) is 3.70. The van der Waals surface area contributed by atoms with E-state index in [0.717, 1.165) is 43.9 Å². The number of carbonyl (C=O) groups is 1. The van der Waals surface area contributed by atoms with Gasteiger partial charge in [0.05, 0.1) is 11.3 Å². The zero-order chi connectivity index (χ0) is 13.7. The molecule has 2 rings (SSSR count). The second kappa shape index (κ2) is 6.57. The lowest BCUT2D eigenvalue weighted by Gasteiger charge is -2.18. The highest BCUT2D eigenvalue weighted by Gasteiger charge is 2.17. The van der Waals surface area contributed by atoms with E-state index in [4.69, 9.17) is 0 Å². The first-order chi connectivity index (χ1) is 9.26. The first-order valence-corrected chi connectivity index (χ1v) is 7.12. The summed E-state index contributed by atoms with van der Waals surface area (Å²) in [5.74, 6) is 0.0263. The zero-order valence-corrected chi connectivity index (χ0v) is 11.8. The lowest BCUT2D eigenvalue weighted by atomic mass is 10.1. The van der Waals surface area contributed by atoms with E-state index in [1.807, 2.05) is 12.1 Å². The van der Waals surface area contributed by atoms with Crippen molar-refractivity contribution in [2.24, 2.45) is 0 Å². The van der Waals surface area contributed by atoms with E-state index < -0.39 is 0 Å². The first kappa shape index (κ1) is 13.9. The predicted octanol–water partition coefficient (Wildman–Crippen LogP) is 1.73. The molecule has 0 aliphatic carbocycles. The van der Waals surface area contributed by atoms with Gasteiger partial charge in [-0.1, -0.05) is 26.0 Å². The molecular formula is C15H23N3O. The van der Waals surface area contributed by atoms with Crippen LogP contribution in [0.2, 0.25) is 0 Å². The van der Waals surface area contributed by atoms with Crippen LogP contribution in [0.3, 0.4) is 0 Å². The number of hydrogen-bond donors (Lipinski definition) is 2. The maximum absolute atomic E-state index is 12.2. The van der Waals surface area contributed by atoms with E-state index in [1.165, 1.54) is 5.56 Å². The zero-order valence-electron chi connectivity index (χ0n) is 11.8. The Balaban J connectivity index is 1.92. The van der Waals surface area contributed by atoms with Crippen LogP contribution in [0.25, 0.3) is 0 Å². The third-order valence-electron chi connectivity index (χ3n) is 3.70. The van der Waals surface area contributed by atoms with Gasteiger partial charge in [-0.3, -0.25) is 4.79 Å². The Morgan fingerprint density at radius 2 is 2.16 bits per heavy atom.